The predicted octanol–water partition coefficient (Wildman–Crippen LogP) is 4.22. The molecule has 126 valence electrons. The Morgan fingerprint density at radius 3 is 2.75 bits per heavy atom. The highest BCUT2D eigenvalue weighted by Gasteiger charge is 2.57. The van der Waals surface area contributed by atoms with Crippen LogP contribution in [0.3, 0.4) is 0 Å². The van der Waals surface area contributed by atoms with E-state index in [9.17, 15) is 4.79 Å². The molecular weight excluding hydrogens is 302 g/mol. The van der Waals surface area contributed by atoms with Crippen molar-refractivity contribution < 1.29 is 9.21 Å². The molecule has 0 bridgehead atoms. The van der Waals surface area contributed by atoms with Gasteiger partial charge in [0.05, 0.1) is 11.2 Å². The number of rotatable bonds is 2. The molecule has 1 aliphatic heterocycles. The van der Waals surface area contributed by atoms with Crippen LogP contribution in [-0.2, 0) is 5.54 Å². The molecule has 1 aromatic heterocycles. The molecule has 2 atom stereocenters. The number of benzene rings is 1. The van der Waals surface area contributed by atoms with Crippen LogP contribution in [0.1, 0.15) is 42.7 Å². The highest BCUT2D eigenvalue weighted by atomic mass is 16.4. The minimum Gasteiger partial charge on any atom is -0.428 e. The largest absolute Gasteiger partial charge is 0.428 e. The number of carbonyl (C=O) groups excluding carboxylic acids is 1. The highest BCUT2D eigenvalue weighted by molar-refractivity contribution is 5.88. The number of likely N-dealkylation sites (tertiary alicyclic amines) is 1. The zero-order chi connectivity index (χ0) is 16.7. The number of nitrogens with zero attached hydrogens (tertiary/aromatic N) is 2. The number of nitrogens with one attached hydrogen (secondary N) is 1. The summed E-state index contributed by atoms with van der Waals surface area (Å²) in [6, 6.07) is 10.6. The molecule has 2 heterocycles. The Balaban J connectivity index is 1.61. The number of urea groups is 1. The summed E-state index contributed by atoms with van der Waals surface area (Å²) in [5, 5.41) is 2.84. The molecule has 0 unspecified atom stereocenters. The van der Waals surface area contributed by atoms with Crippen LogP contribution in [0.4, 0.5) is 10.8 Å². The second kappa shape index (κ2) is 5.65. The van der Waals surface area contributed by atoms with Crippen LogP contribution in [0.2, 0.25) is 0 Å². The standard InChI is InChI=1S/C19H23N3O2/c1-13-14(2)24-17(20-13)21-18(23)22-12-16-10-6-7-11-19(16,22)15-8-4-3-5-9-15/h3-5,8-9,16H,6-7,10-12H2,1-2H3,(H,20,21,23)/t16-,19-/m1/s1. The summed E-state index contributed by atoms with van der Waals surface area (Å²) < 4.78 is 5.51. The molecule has 2 aliphatic rings. The molecular formula is C19H23N3O2. The lowest BCUT2D eigenvalue weighted by atomic mass is 9.62. The van der Waals surface area contributed by atoms with Crippen molar-refractivity contribution in [2.24, 2.45) is 5.92 Å². The van der Waals surface area contributed by atoms with Crippen LogP contribution in [-0.4, -0.2) is 22.5 Å². The molecule has 1 saturated heterocycles. The van der Waals surface area contributed by atoms with Gasteiger partial charge in [-0.2, -0.15) is 4.98 Å². The van der Waals surface area contributed by atoms with E-state index in [2.05, 4.69) is 34.6 Å². The van der Waals surface area contributed by atoms with Gasteiger partial charge in [-0.25, -0.2) is 4.79 Å². The third-order valence-electron chi connectivity index (χ3n) is 5.68. The summed E-state index contributed by atoms with van der Waals surface area (Å²) in [6.45, 7) is 4.53. The number of aromatic nitrogens is 1. The Morgan fingerprint density at radius 1 is 1.29 bits per heavy atom. The molecule has 0 radical (unpaired) electrons. The quantitative estimate of drug-likeness (QED) is 0.899. The molecule has 2 aromatic rings. The highest BCUT2D eigenvalue weighted by Crippen LogP contribution is 2.53. The van der Waals surface area contributed by atoms with E-state index in [1.54, 1.807) is 0 Å². The SMILES string of the molecule is Cc1nc(NC(=O)N2C[C@H]3CCCC[C@@]32c2ccccc2)oc1C. The van der Waals surface area contributed by atoms with Gasteiger partial charge in [0.25, 0.3) is 0 Å². The lowest BCUT2D eigenvalue weighted by Crippen LogP contribution is -2.68. The summed E-state index contributed by atoms with van der Waals surface area (Å²) in [5.41, 5.74) is 1.89. The van der Waals surface area contributed by atoms with Gasteiger partial charge in [0.1, 0.15) is 5.76 Å². The van der Waals surface area contributed by atoms with Gasteiger partial charge in [-0.15, -0.1) is 0 Å². The number of oxazole rings is 1. The minimum atomic E-state index is -0.166. The number of fused-ring (bicyclic) bond motifs is 1. The molecule has 5 heteroatoms. The van der Waals surface area contributed by atoms with Gasteiger partial charge in [-0.1, -0.05) is 43.2 Å². The van der Waals surface area contributed by atoms with E-state index >= 15 is 0 Å². The van der Waals surface area contributed by atoms with E-state index in [1.807, 2.05) is 24.8 Å². The zero-order valence-corrected chi connectivity index (χ0v) is 14.2. The predicted molar refractivity (Wildman–Crippen MR) is 91.8 cm³/mol. The van der Waals surface area contributed by atoms with Crippen LogP contribution < -0.4 is 5.32 Å². The van der Waals surface area contributed by atoms with Crippen molar-refractivity contribution in [2.45, 2.75) is 45.1 Å². The average Bonchev–Trinajstić information content (AvgIpc) is 2.87. The van der Waals surface area contributed by atoms with Crippen molar-refractivity contribution in [3.63, 3.8) is 0 Å². The van der Waals surface area contributed by atoms with Crippen LogP contribution >= 0.6 is 0 Å². The Hall–Kier alpha value is -2.30. The Bertz CT molecular complexity index is 736. The number of aryl methyl sites for hydroxylation is 2. The van der Waals surface area contributed by atoms with E-state index in [1.165, 1.54) is 18.4 Å². The molecule has 24 heavy (non-hydrogen) atoms. The molecule has 2 amide bonds. The third-order valence-corrected chi connectivity index (χ3v) is 5.68. The van der Waals surface area contributed by atoms with Gasteiger partial charge in [0.2, 0.25) is 0 Å². The maximum Gasteiger partial charge on any atom is 0.326 e. The van der Waals surface area contributed by atoms with Crippen molar-refractivity contribution in [1.29, 1.82) is 0 Å². The van der Waals surface area contributed by atoms with Gasteiger partial charge >= 0.3 is 12.0 Å². The molecule has 1 saturated carbocycles. The Kier molecular flexibility index (Phi) is 3.59. The number of carbonyl (C=O) groups is 1. The van der Waals surface area contributed by atoms with Gasteiger partial charge < -0.3 is 9.32 Å². The first kappa shape index (κ1) is 15.2. The molecule has 1 N–H and O–H groups in total. The van der Waals surface area contributed by atoms with Gasteiger partial charge in [-0.05, 0) is 32.3 Å². The molecule has 5 nitrogen and oxygen atoms in total. The normalized spacial score (nSPS) is 25.8. The second-order valence-corrected chi connectivity index (χ2v) is 6.93. The fourth-order valence-corrected chi connectivity index (χ4v) is 4.31. The smallest absolute Gasteiger partial charge is 0.326 e. The summed E-state index contributed by atoms with van der Waals surface area (Å²) in [6.07, 6.45) is 4.63. The van der Waals surface area contributed by atoms with E-state index in [0.29, 0.717) is 5.92 Å². The maximum absolute atomic E-state index is 12.9. The van der Waals surface area contributed by atoms with Gasteiger partial charge in [0, 0.05) is 12.5 Å². The maximum atomic E-state index is 12.9. The first-order valence-corrected chi connectivity index (χ1v) is 8.69. The third kappa shape index (κ3) is 2.22. The van der Waals surface area contributed by atoms with Crippen LogP contribution in [0, 0.1) is 19.8 Å². The first-order chi connectivity index (χ1) is 11.6. The Morgan fingerprint density at radius 2 is 2.08 bits per heavy atom. The molecule has 1 aliphatic carbocycles. The summed E-state index contributed by atoms with van der Waals surface area (Å²) in [4.78, 5) is 19.1. The first-order valence-electron chi connectivity index (χ1n) is 8.69. The fraction of sp³-hybridized carbons (Fsp3) is 0.474. The van der Waals surface area contributed by atoms with Crippen molar-refractivity contribution in [3.8, 4) is 0 Å². The monoisotopic (exact) mass is 325 g/mol. The lowest BCUT2D eigenvalue weighted by Gasteiger charge is -2.61. The van der Waals surface area contributed by atoms with Crippen LogP contribution in [0.15, 0.2) is 34.7 Å². The van der Waals surface area contributed by atoms with Crippen molar-refractivity contribution in [2.75, 3.05) is 11.9 Å². The lowest BCUT2D eigenvalue weighted by molar-refractivity contribution is -0.0757. The zero-order valence-electron chi connectivity index (χ0n) is 14.2. The van der Waals surface area contributed by atoms with E-state index in [-0.39, 0.29) is 17.6 Å². The number of amides is 2. The minimum absolute atomic E-state index is 0.113. The Labute approximate surface area is 142 Å². The topological polar surface area (TPSA) is 58.4 Å². The van der Waals surface area contributed by atoms with Crippen LogP contribution in [0.5, 0.6) is 0 Å². The van der Waals surface area contributed by atoms with Crippen LogP contribution in [0.25, 0.3) is 0 Å². The molecule has 0 spiro atoms. The number of hydrogen-bond acceptors (Lipinski definition) is 3. The number of anilines is 1. The average molecular weight is 325 g/mol. The number of hydrogen-bond donors (Lipinski definition) is 1. The van der Waals surface area contributed by atoms with Gasteiger partial charge in [0.15, 0.2) is 0 Å². The molecule has 2 fully saturated rings. The van der Waals surface area contributed by atoms with E-state index in [0.717, 1.165) is 30.8 Å². The summed E-state index contributed by atoms with van der Waals surface area (Å²) in [5.74, 6) is 1.29. The van der Waals surface area contributed by atoms with E-state index < -0.39 is 0 Å². The molecule has 1 aromatic carbocycles. The second-order valence-electron chi connectivity index (χ2n) is 6.93. The van der Waals surface area contributed by atoms with E-state index in [4.69, 9.17) is 4.42 Å². The fourth-order valence-electron chi connectivity index (χ4n) is 4.31. The van der Waals surface area contributed by atoms with Crippen molar-refractivity contribution >= 4 is 12.0 Å². The van der Waals surface area contributed by atoms with Crippen molar-refractivity contribution in [1.82, 2.24) is 9.88 Å². The molecule has 4 rings (SSSR count). The van der Waals surface area contributed by atoms with Crippen molar-refractivity contribution in [3.05, 3.63) is 47.3 Å². The summed E-state index contributed by atoms with van der Waals surface area (Å²) in [7, 11) is 0. The van der Waals surface area contributed by atoms with Gasteiger partial charge in [-0.3, -0.25) is 5.32 Å². The summed E-state index contributed by atoms with van der Waals surface area (Å²) >= 11 is 0.